The van der Waals surface area contributed by atoms with Gasteiger partial charge in [-0.25, -0.2) is 0 Å². The van der Waals surface area contributed by atoms with Crippen LogP contribution in [0.5, 0.6) is 0 Å². The zero-order chi connectivity index (χ0) is 13.0. The summed E-state index contributed by atoms with van der Waals surface area (Å²) >= 11 is 0. The fraction of sp³-hybridized carbons (Fsp3) is 0.647. The van der Waals surface area contributed by atoms with Crippen LogP contribution in [0.4, 0.5) is 0 Å². The molecule has 1 N–H and O–H groups in total. The Hall–Kier alpha value is -0.820. The third-order valence-corrected chi connectivity index (χ3v) is 4.16. The molecule has 100 valence electrons. The van der Waals surface area contributed by atoms with Crippen molar-refractivity contribution in [3.63, 3.8) is 0 Å². The number of rotatable bonds is 3. The molecule has 1 aromatic carbocycles. The van der Waals surface area contributed by atoms with Gasteiger partial charge >= 0.3 is 0 Å². The van der Waals surface area contributed by atoms with Crippen LogP contribution in [0.25, 0.3) is 0 Å². The van der Waals surface area contributed by atoms with Gasteiger partial charge in [-0.15, -0.1) is 0 Å². The molecule has 18 heavy (non-hydrogen) atoms. The molecule has 1 aliphatic rings. The van der Waals surface area contributed by atoms with E-state index in [1.54, 1.807) is 0 Å². The molecule has 0 amide bonds. The van der Waals surface area contributed by atoms with E-state index in [2.05, 4.69) is 50.4 Å². The zero-order valence-electron chi connectivity index (χ0n) is 12.1. The predicted molar refractivity (Wildman–Crippen MR) is 78.8 cm³/mol. The van der Waals surface area contributed by atoms with E-state index in [4.69, 9.17) is 0 Å². The van der Waals surface area contributed by atoms with Crippen LogP contribution < -0.4 is 5.32 Å². The fourth-order valence-electron chi connectivity index (χ4n) is 3.47. The molecule has 0 radical (unpaired) electrons. The highest BCUT2D eigenvalue weighted by Crippen LogP contribution is 2.37. The molecule has 1 heterocycles. The van der Waals surface area contributed by atoms with Crippen molar-refractivity contribution in [1.82, 2.24) is 5.32 Å². The highest BCUT2D eigenvalue weighted by molar-refractivity contribution is 5.33. The predicted octanol–water partition coefficient (Wildman–Crippen LogP) is 4.40. The Morgan fingerprint density at radius 3 is 2.67 bits per heavy atom. The van der Waals surface area contributed by atoms with Gasteiger partial charge in [-0.2, -0.15) is 0 Å². The maximum absolute atomic E-state index is 3.88. The molecule has 1 fully saturated rings. The third-order valence-electron chi connectivity index (χ3n) is 4.16. The first-order chi connectivity index (χ1) is 8.64. The summed E-state index contributed by atoms with van der Waals surface area (Å²) in [4.78, 5) is 0. The number of nitrogens with one attached hydrogen (secondary N) is 1. The van der Waals surface area contributed by atoms with Crippen LogP contribution in [0, 0.1) is 12.8 Å². The first-order valence-corrected chi connectivity index (χ1v) is 7.45. The second-order valence-electron chi connectivity index (χ2n) is 6.23. The summed E-state index contributed by atoms with van der Waals surface area (Å²) in [5, 5.41) is 3.88. The van der Waals surface area contributed by atoms with Crippen molar-refractivity contribution in [3.8, 4) is 0 Å². The molecule has 1 aromatic rings. The van der Waals surface area contributed by atoms with Crippen molar-refractivity contribution in [3.05, 3.63) is 35.4 Å². The Bertz CT molecular complexity index is 373. The van der Waals surface area contributed by atoms with Crippen LogP contribution in [-0.2, 0) is 5.54 Å². The van der Waals surface area contributed by atoms with Crippen LogP contribution in [0.2, 0.25) is 0 Å². The Morgan fingerprint density at radius 2 is 1.94 bits per heavy atom. The molecule has 1 aliphatic heterocycles. The molecule has 2 rings (SSSR count). The van der Waals surface area contributed by atoms with Gasteiger partial charge in [0.15, 0.2) is 0 Å². The fourth-order valence-corrected chi connectivity index (χ4v) is 3.47. The highest BCUT2D eigenvalue weighted by atomic mass is 15.0. The molecule has 0 spiro atoms. The Labute approximate surface area is 112 Å². The average Bonchev–Trinajstić information content (AvgIpc) is 2.55. The van der Waals surface area contributed by atoms with Gasteiger partial charge in [0.25, 0.3) is 0 Å². The van der Waals surface area contributed by atoms with E-state index in [-0.39, 0.29) is 5.54 Å². The van der Waals surface area contributed by atoms with Crippen molar-refractivity contribution in [2.24, 2.45) is 5.92 Å². The van der Waals surface area contributed by atoms with Gasteiger partial charge in [-0.3, -0.25) is 0 Å². The van der Waals surface area contributed by atoms with Crippen LogP contribution in [-0.4, -0.2) is 6.54 Å². The molecule has 1 saturated heterocycles. The smallest absolute Gasteiger partial charge is 0.0439 e. The van der Waals surface area contributed by atoms with E-state index < -0.39 is 0 Å². The van der Waals surface area contributed by atoms with E-state index in [9.17, 15) is 0 Å². The molecular formula is C17H27N. The molecule has 0 aromatic heterocycles. The van der Waals surface area contributed by atoms with E-state index in [0.29, 0.717) is 0 Å². The summed E-state index contributed by atoms with van der Waals surface area (Å²) in [6, 6.07) is 8.93. The van der Waals surface area contributed by atoms with Gasteiger partial charge in [-0.1, -0.05) is 51.0 Å². The van der Waals surface area contributed by atoms with E-state index in [0.717, 1.165) is 5.92 Å². The third kappa shape index (κ3) is 2.95. The summed E-state index contributed by atoms with van der Waals surface area (Å²) in [5.74, 6) is 0.732. The van der Waals surface area contributed by atoms with Crippen LogP contribution >= 0.6 is 0 Å². The highest BCUT2D eigenvalue weighted by Gasteiger charge is 2.33. The molecule has 0 bridgehead atoms. The molecule has 1 unspecified atom stereocenters. The second kappa shape index (κ2) is 5.88. The minimum Gasteiger partial charge on any atom is -0.307 e. The lowest BCUT2D eigenvalue weighted by Crippen LogP contribution is -2.43. The Balaban J connectivity index is 2.37. The largest absolute Gasteiger partial charge is 0.307 e. The number of benzene rings is 1. The van der Waals surface area contributed by atoms with Gasteiger partial charge in [0.05, 0.1) is 0 Å². The summed E-state index contributed by atoms with van der Waals surface area (Å²) in [6.07, 6.45) is 6.59. The quantitative estimate of drug-likeness (QED) is 0.832. The van der Waals surface area contributed by atoms with Crippen molar-refractivity contribution in [1.29, 1.82) is 0 Å². The zero-order valence-corrected chi connectivity index (χ0v) is 12.1. The maximum Gasteiger partial charge on any atom is 0.0439 e. The standard InChI is InChI=1S/C17H27N/c1-14(2)13-17(11-7-4-8-12-18-17)16-10-6-5-9-15(16)3/h5-6,9-10,14,18H,4,7-8,11-13H2,1-3H3. The van der Waals surface area contributed by atoms with Crippen molar-refractivity contribution < 1.29 is 0 Å². The SMILES string of the molecule is Cc1ccccc1C1(CC(C)C)CCCCCN1. The first kappa shape index (κ1) is 13.6. The van der Waals surface area contributed by atoms with Crippen molar-refractivity contribution in [2.75, 3.05) is 6.54 Å². The number of hydrogen-bond acceptors (Lipinski definition) is 1. The molecule has 0 aliphatic carbocycles. The van der Waals surface area contributed by atoms with Gasteiger partial charge in [-0.05, 0) is 49.8 Å². The van der Waals surface area contributed by atoms with E-state index >= 15 is 0 Å². The minimum absolute atomic E-state index is 0.218. The number of hydrogen-bond donors (Lipinski definition) is 1. The van der Waals surface area contributed by atoms with Gasteiger partial charge in [0.2, 0.25) is 0 Å². The molecular weight excluding hydrogens is 218 g/mol. The molecule has 1 nitrogen and oxygen atoms in total. The summed E-state index contributed by atoms with van der Waals surface area (Å²) < 4.78 is 0. The summed E-state index contributed by atoms with van der Waals surface area (Å²) in [7, 11) is 0. The Kier molecular flexibility index (Phi) is 4.45. The maximum atomic E-state index is 3.88. The number of aryl methyl sites for hydroxylation is 1. The summed E-state index contributed by atoms with van der Waals surface area (Å²) in [6.45, 7) is 8.10. The van der Waals surface area contributed by atoms with Crippen LogP contribution in [0.1, 0.15) is 57.1 Å². The topological polar surface area (TPSA) is 12.0 Å². The first-order valence-electron chi connectivity index (χ1n) is 7.45. The molecule has 1 heteroatoms. The monoisotopic (exact) mass is 245 g/mol. The van der Waals surface area contributed by atoms with E-state index in [1.165, 1.54) is 49.8 Å². The van der Waals surface area contributed by atoms with Crippen LogP contribution in [0.15, 0.2) is 24.3 Å². The van der Waals surface area contributed by atoms with Gasteiger partial charge in [0, 0.05) is 5.54 Å². The molecule has 0 saturated carbocycles. The van der Waals surface area contributed by atoms with Crippen LogP contribution in [0.3, 0.4) is 0 Å². The summed E-state index contributed by atoms with van der Waals surface area (Å²) in [5.41, 5.74) is 3.18. The lowest BCUT2D eigenvalue weighted by atomic mass is 9.77. The second-order valence-corrected chi connectivity index (χ2v) is 6.23. The molecule has 1 atom stereocenters. The van der Waals surface area contributed by atoms with E-state index in [1.807, 2.05) is 0 Å². The van der Waals surface area contributed by atoms with Crippen molar-refractivity contribution in [2.45, 2.75) is 58.4 Å². The average molecular weight is 245 g/mol. The van der Waals surface area contributed by atoms with Crippen molar-refractivity contribution >= 4 is 0 Å². The lowest BCUT2D eigenvalue weighted by Gasteiger charge is -2.37. The normalized spacial score (nSPS) is 25.1. The van der Waals surface area contributed by atoms with Gasteiger partial charge < -0.3 is 5.32 Å². The minimum atomic E-state index is 0.218. The van der Waals surface area contributed by atoms with Gasteiger partial charge in [0.1, 0.15) is 0 Å². The Morgan fingerprint density at radius 1 is 1.17 bits per heavy atom. The lowest BCUT2D eigenvalue weighted by molar-refractivity contribution is 0.262.